The molecule has 2 fully saturated rings. The number of hydrogen-bond acceptors (Lipinski definition) is 4. The summed E-state index contributed by atoms with van der Waals surface area (Å²) in [6, 6.07) is 2.11. The lowest BCUT2D eigenvalue weighted by molar-refractivity contribution is 0.272. The van der Waals surface area contributed by atoms with Crippen molar-refractivity contribution < 1.29 is 25.6 Å². The molecule has 128 valence electrons. The van der Waals surface area contributed by atoms with Gasteiger partial charge in [-0.1, -0.05) is 0 Å². The fraction of sp³-hybridized carbons (Fsp3) is 0.538. The number of hydrogen-bond donors (Lipinski definition) is 0. The van der Waals surface area contributed by atoms with Crippen molar-refractivity contribution in [2.24, 2.45) is 0 Å². The van der Waals surface area contributed by atoms with Gasteiger partial charge in [-0.25, -0.2) is 25.6 Å². The van der Waals surface area contributed by atoms with Gasteiger partial charge in [0.15, 0.2) is 0 Å². The Kier molecular flexibility index (Phi) is 4.20. The molecule has 0 spiro atoms. The lowest BCUT2D eigenvalue weighted by Gasteiger charge is -2.33. The maximum atomic E-state index is 13.2. The van der Waals surface area contributed by atoms with Crippen LogP contribution < -0.4 is 0 Å². The third-order valence-electron chi connectivity index (χ3n) is 3.98. The first kappa shape index (κ1) is 16.7. The Morgan fingerprint density at radius 1 is 0.826 bits per heavy atom. The Labute approximate surface area is 133 Å². The van der Waals surface area contributed by atoms with Crippen LogP contribution in [0.15, 0.2) is 23.1 Å². The highest BCUT2D eigenvalue weighted by molar-refractivity contribution is 7.90. The Morgan fingerprint density at radius 3 is 1.78 bits per heavy atom. The van der Waals surface area contributed by atoms with Gasteiger partial charge in [0.1, 0.15) is 11.6 Å². The van der Waals surface area contributed by atoms with Gasteiger partial charge in [0.25, 0.3) is 0 Å². The normalized spacial score (nSPS) is 21.5. The molecule has 1 saturated heterocycles. The smallest absolute Gasteiger partial charge is 0.212 e. The second-order valence-corrected chi connectivity index (χ2v) is 9.80. The van der Waals surface area contributed by atoms with Gasteiger partial charge in [0, 0.05) is 32.2 Å². The van der Waals surface area contributed by atoms with E-state index in [-0.39, 0.29) is 31.4 Å². The monoisotopic (exact) mass is 366 g/mol. The van der Waals surface area contributed by atoms with Gasteiger partial charge in [-0.3, -0.25) is 0 Å². The summed E-state index contributed by atoms with van der Waals surface area (Å²) in [6.45, 7) is 0.0323. The maximum absolute atomic E-state index is 13.2. The predicted octanol–water partition coefficient (Wildman–Crippen LogP) is 0.763. The molecule has 10 heteroatoms. The fourth-order valence-corrected chi connectivity index (χ4v) is 5.86. The molecule has 0 radical (unpaired) electrons. The van der Waals surface area contributed by atoms with Crippen molar-refractivity contribution in [3.63, 3.8) is 0 Å². The minimum atomic E-state index is -4.05. The van der Waals surface area contributed by atoms with Crippen molar-refractivity contribution in [2.45, 2.75) is 23.0 Å². The van der Waals surface area contributed by atoms with Crippen molar-refractivity contribution >= 4 is 20.0 Å². The lowest BCUT2D eigenvalue weighted by atomic mass is 10.3. The standard InChI is InChI=1S/C13H16F2N2O4S2/c14-10-7-11(15)9-13(8-10)23(20,21)17-5-3-16(4-6-17)22(18,19)12-1-2-12/h7-9,12H,1-6H2. The average Bonchev–Trinajstić information content (AvgIpc) is 3.31. The second kappa shape index (κ2) is 5.76. The van der Waals surface area contributed by atoms with Crippen LogP contribution in [0, 0.1) is 11.6 Å². The highest BCUT2D eigenvalue weighted by Gasteiger charge is 2.42. The van der Waals surface area contributed by atoms with E-state index in [1.165, 1.54) is 4.31 Å². The van der Waals surface area contributed by atoms with Gasteiger partial charge in [-0.15, -0.1) is 0 Å². The van der Waals surface area contributed by atoms with Crippen molar-refractivity contribution in [1.82, 2.24) is 8.61 Å². The molecule has 0 amide bonds. The van der Waals surface area contributed by atoms with Gasteiger partial charge in [0.05, 0.1) is 10.1 Å². The summed E-state index contributed by atoms with van der Waals surface area (Å²) in [7, 11) is -7.39. The SMILES string of the molecule is O=S(=O)(c1cc(F)cc(F)c1)N1CCN(S(=O)(=O)C2CC2)CC1. The Bertz CT molecular complexity index is 794. The summed E-state index contributed by atoms with van der Waals surface area (Å²) in [6.07, 6.45) is 1.28. The van der Waals surface area contributed by atoms with Crippen LogP contribution in [0.25, 0.3) is 0 Å². The number of nitrogens with zero attached hydrogens (tertiary/aromatic N) is 2. The minimum absolute atomic E-state index is 0.0353. The summed E-state index contributed by atoms with van der Waals surface area (Å²) in [4.78, 5) is -0.464. The predicted molar refractivity (Wildman–Crippen MR) is 78.6 cm³/mol. The van der Waals surface area contributed by atoms with Crippen molar-refractivity contribution in [3.05, 3.63) is 29.8 Å². The zero-order chi connectivity index (χ0) is 16.8. The van der Waals surface area contributed by atoms with E-state index in [1.54, 1.807) is 0 Å². The lowest BCUT2D eigenvalue weighted by Crippen LogP contribution is -2.51. The van der Waals surface area contributed by atoms with E-state index < -0.39 is 36.6 Å². The molecule has 0 atom stereocenters. The molecule has 0 aromatic heterocycles. The molecule has 1 aromatic rings. The Morgan fingerprint density at radius 2 is 1.30 bits per heavy atom. The van der Waals surface area contributed by atoms with E-state index in [0.29, 0.717) is 18.9 Å². The number of halogens is 2. The molecule has 1 saturated carbocycles. The van der Waals surface area contributed by atoms with Gasteiger partial charge in [-0.2, -0.15) is 8.61 Å². The van der Waals surface area contributed by atoms with Crippen LogP contribution in [-0.2, 0) is 20.0 Å². The first-order valence-corrected chi connectivity index (χ1v) is 10.1. The van der Waals surface area contributed by atoms with Crippen molar-refractivity contribution in [1.29, 1.82) is 0 Å². The second-order valence-electron chi connectivity index (χ2n) is 5.65. The summed E-state index contributed by atoms with van der Waals surface area (Å²) in [5.41, 5.74) is 0. The average molecular weight is 366 g/mol. The molecule has 0 unspecified atom stereocenters. The molecule has 1 aliphatic carbocycles. The molecule has 0 N–H and O–H groups in total. The van der Waals surface area contributed by atoms with E-state index in [1.807, 2.05) is 0 Å². The molecule has 1 aliphatic heterocycles. The van der Waals surface area contributed by atoms with E-state index in [9.17, 15) is 25.6 Å². The summed E-state index contributed by atoms with van der Waals surface area (Å²) in [5.74, 6) is -1.95. The first-order chi connectivity index (χ1) is 10.7. The van der Waals surface area contributed by atoms with Crippen molar-refractivity contribution in [2.75, 3.05) is 26.2 Å². The molecule has 23 heavy (non-hydrogen) atoms. The number of sulfonamides is 2. The van der Waals surface area contributed by atoms with E-state index in [4.69, 9.17) is 0 Å². The van der Waals surface area contributed by atoms with E-state index >= 15 is 0 Å². The fourth-order valence-electron chi connectivity index (χ4n) is 2.57. The van der Waals surface area contributed by atoms with Crippen LogP contribution in [0.1, 0.15) is 12.8 Å². The zero-order valence-corrected chi connectivity index (χ0v) is 13.8. The minimum Gasteiger partial charge on any atom is -0.212 e. The molecular formula is C13H16F2N2O4S2. The number of benzene rings is 1. The maximum Gasteiger partial charge on any atom is 0.243 e. The van der Waals surface area contributed by atoms with E-state index in [2.05, 4.69) is 0 Å². The van der Waals surface area contributed by atoms with Crippen LogP contribution in [0.3, 0.4) is 0 Å². The van der Waals surface area contributed by atoms with Gasteiger partial charge >= 0.3 is 0 Å². The third-order valence-corrected chi connectivity index (χ3v) is 8.25. The topological polar surface area (TPSA) is 74.8 Å². The third kappa shape index (κ3) is 3.25. The summed E-state index contributed by atoms with van der Waals surface area (Å²) in [5, 5.41) is -0.344. The first-order valence-electron chi connectivity index (χ1n) is 7.16. The van der Waals surface area contributed by atoms with Gasteiger partial charge < -0.3 is 0 Å². The molecule has 6 nitrogen and oxygen atoms in total. The highest BCUT2D eigenvalue weighted by atomic mass is 32.2. The zero-order valence-electron chi connectivity index (χ0n) is 12.2. The van der Waals surface area contributed by atoms with Crippen molar-refractivity contribution in [3.8, 4) is 0 Å². The largest absolute Gasteiger partial charge is 0.243 e. The summed E-state index contributed by atoms with van der Waals surface area (Å²) < 4.78 is 77.9. The number of rotatable bonds is 4. The molecule has 1 aromatic carbocycles. The van der Waals surface area contributed by atoms with Crippen LogP contribution >= 0.6 is 0 Å². The van der Waals surface area contributed by atoms with Gasteiger partial charge in [0.2, 0.25) is 20.0 Å². The Hall–Kier alpha value is -1.10. The Balaban J connectivity index is 1.76. The van der Waals surface area contributed by atoms with Crippen LogP contribution in [0.4, 0.5) is 8.78 Å². The number of piperazine rings is 1. The van der Waals surface area contributed by atoms with Crippen LogP contribution in [0.2, 0.25) is 0 Å². The van der Waals surface area contributed by atoms with Gasteiger partial charge in [-0.05, 0) is 25.0 Å². The van der Waals surface area contributed by atoms with Crippen LogP contribution in [0.5, 0.6) is 0 Å². The molecule has 1 heterocycles. The molecule has 3 rings (SSSR count). The van der Waals surface area contributed by atoms with E-state index in [0.717, 1.165) is 16.4 Å². The molecule has 0 bridgehead atoms. The summed E-state index contributed by atoms with van der Waals surface area (Å²) >= 11 is 0. The molecule has 2 aliphatic rings. The van der Waals surface area contributed by atoms with Crippen LogP contribution in [-0.4, -0.2) is 56.9 Å². The quantitative estimate of drug-likeness (QED) is 0.789. The highest BCUT2D eigenvalue weighted by Crippen LogP contribution is 2.32. The molecular weight excluding hydrogens is 350 g/mol.